The lowest BCUT2D eigenvalue weighted by molar-refractivity contribution is 0.0701. The van der Waals surface area contributed by atoms with Crippen LogP contribution in [-0.4, -0.2) is 33.1 Å². The monoisotopic (exact) mass is 422 g/mol. The van der Waals surface area contributed by atoms with E-state index in [1.807, 2.05) is 0 Å². The first-order valence-corrected chi connectivity index (χ1v) is 9.18. The van der Waals surface area contributed by atoms with E-state index < -0.39 is 5.97 Å². The van der Waals surface area contributed by atoms with E-state index in [1.54, 1.807) is 24.3 Å². The average Bonchev–Trinajstić information content (AvgIpc) is 3.42. The van der Waals surface area contributed by atoms with Crippen molar-refractivity contribution in [2.75, 3.05) is 21.3 Å². The van der Waals surface area contributed by atoms with Crippen molar-refractivity contribution in [3.63, 3.8) is 0 Å². The molecule has 1 aromatic heterocycles. The predicted octanol–water partition coefficient (Wildman–Crippen LogP) is 4.14. The summed E-state index contributed by atoms with van der Waals surface area (Å²) in [5.41, 5.74) is 0.921. The fraction of sp³-hybridized carbons (Fsp3) is 0.130. The number of furan rings is 1. The van der Waals surface area contributed by atoms with E-state index in [4.69, 9.17) is 28.1 Å². The highest BCUT2D eigenvalue weighted by molar-refractivity contribution is 6.14. The number of ketones is 1. The number of hydrogen-bond acceptors (Lipinski definition) is 8. The van der Waals surface area contributed by atoms with Crippen LogP contribution in [0.4, 0.5) is 0 Å². The highest BCUT2D eigenvalue weighted by atomic mass is 16.5. The van der Waals surface area contributed by atoms with Crippen molar-refractivity contribution in [2.45, 2.75) is 0 Å². The minimum atomic E-state index is -0.653. The molecule has 1 aliphatic heterocycles. The summed E-state index contributed by atoms with van der Waals surface area (Å²) in [7, 11) is 4.54. The molecule has 8 heteroatoms. The summed E-state index contributed by atoms with van der Waals surface area (Å²) in [6.07, 6.45) is 2.93. The Labute approximate surface area is 177 Å². The summed E-state index contributed by atoms with van der Waals surface area (Å²) < 4.78 is 32.0. The van der Waals surface area contributed by atoms with Gasteiger partial charge in [0.15, 0.2) is 17.3 Å². The van der Waals surface area contributed by atoms with E-state index in [0.29, 0.717) is 28.4 Å². The summed E-state index contributed by atoms with van der Waals surface area (Å²) in [6, 6.07) is 10.9. The zero-order valence-corrected chi connectivity index (χ0v) is 17.0. The van der Waals surface area contributed by atoms with Crippen molar-refractivity contribution in [3.05, 3.63) is 71.4 Å². The molecule has 0 spiro atoms. The van der Waals surface area contributed by atoms with Crippen LogP contribution in [0.3, 0.4) is 0 Å². The van der Waals surface area contributed by atoms with Gasteiger partial charge in [0, 0.05) is 17.7 Å². The molecule has 0 atom stereocenters. The number of benzene rings is 2. The number of fused-ring (bicyclic) bond motifs is 1. The summed E-state index contributed by atoms with van der Waals surface area (Å²) in [4.78, 5) is 24.8. The van der Waals surface area contributed by atoms with E-state index in [2.05, 4.69) is 0 Å². The second kappa shape index (κ2) is 8.27. The Morgan fingerprint density at radius 2 is 1.68 bits per heavy atom. The summed E-state index contributed by atoms with van der Waals surface area (Å²) in [5.74, 6) is 1.14. The molecule has 31 heavy (non-hydrogen) atoms. The lowest BCUT2D eigenvalue weighted by Gasteiger charge is -2.12. The molecule has 0 aliphatic carbocycles. The predicted molar refractivity (Wildman–Crippen MR) is 109 cm³/mol. The highest BCUT2D eigenvalue weighted by Crippen LogP contribution is 2.39. The van der Waals surface area contributed by atoms with Crippen molar-refractivity contribution in [2.24, 2.45) is 0 Å². The van der Waals surface area contributed by atoms with Gasteiger partial charge in [-0.15, -0.1) is 0 Å². The first-order chi connectivity index (χ1) is 15.0. The van der Waals surface area contributed by atoms with Crippen LogP contribution in [0.15, 0.2) is 58.9 Å². The average molecular weight is 422 g/mol. The molecule has 0 saturated carbocycles. The minimum Gasteiger partial charge on any atom is -0.496 e. The molecule has 0 radical (unpaired) electrons. The van der Waals surface area contributed by atoms with Crippen LogP contribution in [0.5, 0.6) is 28.7 Å². The van der Waals surface area contributed by atoms with Crippen LogP contribution in [0.25, 0.3) is 6.08 Å². The molecule has 2 heterocycles. The maximum Gasteiger partial charge on any atom is 0.379 e. The zero-order valence-electron chi connectivity index (χ0n) is 17.0. The lowest BCUT2D eigenvalue weighted by atomic mass is 10.1. The number of carbonyl (C=O) groups is 2. The maximum atomic E-state index is 12.8. The number of carbonyl (C=O) groups excluding carboxylic acids is 2. The Balaban J connectivity index is 1.62. The van der Waals surface area contributed by atoms with E-state index in [9.17, 15) is 9.59 Å². The Morgan fingerprint density at radius 1 is 0.935 bits per heavy atom. The quantitative estimate of drug-likeness (QED) is 0.332. The van der Waals surface area contributed by atoms with Crippen LogP contribution < -0.4 is 23.7 Å². The Morgan fingerprint density at radius 3 is 2.35 bits per heavy atom. The van der Waals surface area contributed by atoms with Gasteiger partial charge in [0.05, 0.1) is 33.2 Å². The van der Waals surface area contributed by atoms with Gasteiger partial charge in [0.2, 0.25) is 11.5 Å². The van der Waals surface area contributed by atoms with Gasteiger partial charge in [-0.1, -0.05) is 0 Å². The number of hydrogen-bond donors (Lipinski definition) is 0. The highest BCUT2D eigenvalue weighted by Gasteiger charge is 2.29. The van der Waals surface area contributed by atoms with Gasteiger partial charge in [0.25, 0.3) is 0 Å². The van der Waals surface area contributed by atoms with Crippen molar-refractivity contribution in [3.8, 4) is 28.7 Å². The Kier molecular flexibility index (Phi) is 5.36. The van der Waals surface area contributed by atoms with Gasteiger partial charge in [-0.25, -0.2) is 4.79 Å². The van der Waals surface area contributed by atoms with Crippen molar-refractivity contribution in [1.82, 2.24) is 0 Å². The first kappa shape index (κ1) is 20.1. The molecule has 3 aromatic rings. The van der Waals surface area contributed by atoms with Crippen molar-refractivity contribution in [1.29, 1.82) is 0 Å². The second-order valence-corrected chi connectivity index (χ2v) is 6.41. The van der Waals surface area contributed by atoms with Gasteiger partial charge < -0.3 is 28.1 Å². The third kappa shape index (κ3) is 3.83. The van der Waals surface area contributed by atoms with E-state index in [-0.39, 0.29) is 28.8 Å². The number of ether oxygens (including phenoxy) is 5. The minimum absolute atomic E-state index is 0.0682. The standard InChI is InChI=1S/C23H18O8/c1-26-17-12-20(28-3)19(27-2)9-13(17)10-21-22(24)15-7-6-14(11-18(15)31-21)30-23(25)16-5-4-8-29-16/h4-12H,1-3H3/b21-10-. The van der Waals surface area contributed by atoms with E-state index >= 15 is 0 Å². The smallest absolute Gasteiger partial charge is 0.379 e. The van der Waals surface area contributed by atoms with Gasteiger partial charge in [-0.3, -0.25) is 4.79 Å². The molecule has 0 fully saturated rings. The summed E-state index contributed by atoms with van der Waals surface area (Å²) >= 11 is 0. The number of Topliss-reactive ketones (excluding diaryl/α,β-unsaturated/α-hetero) is 1. The molecule has 1 aliphatic rings. The molecule has 0 bridgehead atoms. The number of methoxy groups -OCH3 is 3. The SMILES string of the molecule is COc1cc(OC)c(OC)cc1/C=C1\Oc2cc(OC(=O)c3ccco3)ccc2C1=O. The van der Waals surface area contributed by atoms with Gasteiger partial charge in [-0.2, -0.15) is 0 Å². The van der Waals surface area contributed by atoms with Crippen molar-refractivity contribution < 1.29 is 37.7 Å². The van der Waals surface area contributed by atoms with E-state index in [0.717, 1.165) is 0 Å². The second-order valence-electron chi connectivity index (χ2n) is 6.41. The van der Waals surface area contributed by atoms with Crippen LogP contribution in [0.2, 0.25) is 0 Å². The molecule has 0 unspecified atom stereocenters. The van der Waals surface area contributed by atoms with Crippen LogP contribution >= 0.6 is 0 Å². The molecular weight excluding hydrogens is 404 g/mol. The van der Waals surface area contributed by atoms with Gasteiger partial charge >= 0.3 is 5.97 Å². The molecule has 0 amide bonds. The number of allylic oxidation sites excluding steroid dienone is 1. The molecule has 158 valence electrons. The fourth-order valence-electron chi connectivity index (χ4n) is 3.09. The van der Waals surface area contributed by atoms with Gasteiger partial charge in [-0.05, 0) is 36.4 Å². The van der Waals surface area contributed by atoms with Gasteiger partial charge in [0.1, 0.15) is 17.2 Å². The van der Waals surface area contributed by atoms with Crippen LogP contribution in [0, 0.1) is 0 Å². The number of esters is 1. The molecule has 0 saturated heterocycles. The third-order valence-electron chi connectivity index (χ3n) is 4.60. The maximum absolute atomic E-state index is 12.8. The molecule has 4 rings (SSSR count). The molecule has 8 nitrogen and oxygen atoms in total. The van der Waals surface area contributed by atoms with Crippen LogP contribution in [-0.2, 0) is 0 Å². The third-order valence-corrected chi connectivity index (χ3v) is 4.60. The Hall–Kier alpha value is -4.20. The lowest BCUT2D eigenvalue weighted by Crippen LogP contribution is -2.07. The molecule has 0 N–H and O–H groups in total. The first-order valence-electron chi connectivity index (χ1n) is 9.18. The fourth-order valence-corrected chi connectivity index (χ4v) is 3.09. The Bertz CT molecular complexity index is 1170. The van der Waals surface area contributed by atoms with Crippen LogP contribution in [0.1, 0.15) is 26.5 Å². The summed E-state index contributed by atoms with van der Waals surface area (Å²) in [5, 5.41) is 0. The normalized spacial score (nSPS) is 13.5. The van der Waals surface area contributed by atoms with E-state index in [1.165, 1.54) is 51.9 Å². The molecular formula is C23H18O8. The largest absolute Gasteiger partial charge is 0.496 e. The zero-order chi connectivity index (χ0) is 22.0. The number of rotatable bonds is 6. The molecule has 2 aromatic carbocycles. The van der Waals surface area contributed by atoms with Crippen molar-refractivity contribution >= 4 is 17.8 Å². The topological polar surface area (TPSA) is 93.4 Å². The summed E-state index contributed by atoms with van der Waals surface area (Å²) in [6.45, 7) is 0.